The molecule has 0 aromatic rings. The van der Waals surface area contributed by atoms with Gasteiger partial charge in [-0.25, -0.2) is 4.79 Å². The summed E-state index contributed by atoms with van der Waals surface area (Å²) in [5.74, 6) is 0.0399. The van der Waals surface area contributed by atoms with Gasteiger partial charge in [-0.1, -0.05) is 0 Å². The van der Waals surface area contributed by atoms with Crippen molar-refractivity contribution >= 4 is 11.9 Å². The molecule has 2 aliphatic carbocycles. The Morgan fingerprint density at radius 3 is 2.59 bits per heavy atom. The predicted octanol–water partition coefficient (Wildman–Crippen LogP) is 0.638. The van der Waals surface area contributed by atoms with Crippen LogP contribution in [0.4, 0.5) is 0 Å². The quantitative estimate of drug-likeness (QED) is 0.715. The first-order valence-corrected chi connectivity index (χ1v) is 6.02. The van der Waals surface area contributed by atoms with Crippen LogP contribution >= 0.6 is 0 Å². The SMILES string of the molecule is COC[C@](C)(NC(=O)[C@@H]1C[C@@H]1C1CC1)C(=O)O. The van der Waals surface area contributed by atoms with Crippen molar-refractivity contribution in [3.8, 4) is 0 Å². The van der Waals surface area contributed by atoms with Crippen molar-refractivity contribution in [2.24, 2.45) is 17.8 Å². The molecular formula is C12H19NO4. The van der Waals surface area contributed by atoms with Gasteiger partial charge in [0.05, 0.1) is 6.61 Å². The summed E-state index contributed by atoms with van der Waals surface area (Å²) in [6, 6.07) is 0. The van der Waals surface area contributed by atoms with Gasteiger partial charge in [-0.3, -0.25) is 4.79 Å². The first kappa shape index (κ1) is 12.4. The van der Waals surface area contributed by atoms with Crippen LogP contribution < -0.4 is 5.32 Å². The molecule has 2 aliphatic rings. The number of aliphatic carboxylic acids is 1. The number of carboxylic acid groups (broad SMARTS) is 1. The predicted molar refractivity (Wildman–Crippen MR) is 60.4 cm³/mol. The zero-order valence-corrected chi connectivity index (χ0v) is 10.2. The van der Waals surface area contributed by atoms with Crippen molar-refractivity contribution in [3.05, 3.63) is 0 Å². The number of carbonyl (C=O) groups is 2. The number of ether oxygens (including phenoxy) is 1. The Labute approximate surface area is 101 Å². The highest BCUT2D eigenvalue weighted by molar-refractivity contribution is 5.89. The van der Waals surface area contributed by atoms with Gasteiger partial charge in [0.25, 0.3) is 0 Å². The highest BCUT2D eigenvalue weighted by Crippen LogP contribution is 2.54. The van der Waals surface area contributed by atoms with E-state index in [2.05, 4.69) is 5.32 Å². The van der Waals surface area contributed by atoms with E-state index in [9.17, 15) is 9.59 Å². The molecule has 0 saturated heterocycles. The van der Waals surface area contributed by atoms with E-state index < -0.39 is 11.5 Å². The summed E-state index contributed by atoms with van der Waals surface area (Å²) in [7, 11) is 1.43. The number of hydrogen-bond donors (Lipinski definition) is 2. The van der Waals surface area contributed by atoms with Crippen LogP contribution in [0.15, 0.2) is 0 Å². The van der Waals surface area contributed by atoms with Gasteiger partial charge in [0.2, 0.25) is 5.91 Å². The second-order valence-electron chi connectivity index (χ2n) is 5.40. The molecule has 5 heteroatoms. The molecule has 2 rings (SSSR count). The summed E-state index contributed by atoms with van der Waals surface area (Å²) in [5.41, 5.74) is -1.32. The molecule has 17 heavy (non-hydrogen) atoms. The van der Waals surface area contributed by atoms with Crippen LogP contribution in [-0.4, -0.2) is 36.2 Å². The Bertz CT molecular complexity index is 339. The molecule has 2 fully saturated rings. The van der Waals surface area contributed by atoms with Crippen LogP contribution in [0.1, 0.15) is 26.2 Å². The van der Waals surface area contributed by atoms with Crippen molar-refractivity contribution in [2.75, 3.05) is 13.7 Å². The van der Waals surface area contributed by atoms with Crippen molar-refractivity contribution in [3.63, 3.8) is 0 Å². The Hall–Kier alpha value is -1.10. The number of nitrogens with one attached hydrogen (secondary N) is 1. The molecule has 0 radical (unpaired) electrons. The normalized spacial score (nSPS) is 30.5. The minimum absolute atomic E-state index is 0.0190. The highest BCUT2D eigenvalue weighted by atomic mass is 16.5. The molecule has 0 aromatic carbocycles. The summed E-state index contributed by atoms with van der Waals surface area (Å²) in [6.07, 6.45) is 3.37. The molecule has 0 spiro atoms. The molecule has 1 amide bonds. The molecule has 0 bridgehead atoms. The minimum Gasteiger partial charge on any atom is -0.479 e. The van der Waals surface area contributed by atoms with Crippen molar-refractivity contribution < 1.29 is 19.4 Å². The molecule has 0 aliphatic heterocycles. The maximum atomic E-state index is 11.9. The molecular weight excluding hydrogens is 222 g/mol. The summed E-state index contributed by atoms with van der Waals surface area (Å²) in [6.45, 7) is 1.46. The zero-order chi connectivity index (χ0) is 12.6. The van der Waals surface area contributed by atoms with Crippen molar-refractivity contribution in [1.29, 1.82) is 0 Å². The number of hydrogen-bond acceptors (Lipinski definition) is 3. The molecule has 96 valence electrons. The first-order chi connectivity index (χ1) is 7.98. The fraction of sp³-hybridized carbons (Fsp3) is 0.833. The smallest absolute Gasteiger partial charge is 0.331 e. The van der Waals surface area contributed by atoms with Crippen LogP contribution in [-0.2, 0) is 14.3 Å². The molecule has 0 heterocycles. The molecule has 3 atom stereocenters. The molecule has 2 saturated carbocycles. The van der Waals surface area contributed by atoms with E-state index in [4.69, 9.17) is 9.84 Å². The van der Waals surface area contributed by atoms with Gasteiger partial charge >= 0.3 is 5.97 Å². The van der Waals surface area contributed by atoms with E-state index >= 15 is 0 Å². The second kappa shape index (κ2) is 4.29. The van der Waals surface area contributed by atoms with Gasteiger partial charge in [0.15, 0.2) is 5.54 Å². The van der Waals surface area contributed by atoms with E-state index in [1.165, 1.54) is 26.9 Å². The topological polar surface area (TPSA) is 75.6 Å². The average Bonchev–Trinajstić information content (AvgIpc) is 3.10. The van der Waals surface area contributed by atoms with E-state index in [0.717, 1.165) is 6.42 Å². The number of carbonyl (C=O) groups excluding carboxylic acids is 1. The van der Waals surface area contributed by atoms with E-state index in [-0.39, 0.29) is 18.4 Å². The summed E-state index contributed by atoms with van der Waals surface area (Å²) in [4.78, 5) is 23.0. The number of rotatable bonds is 6. The van der Waals surface area contributed by atoms with Crippen LogP contribution in [0.25, 0.3) is 0 Å². The minimum atomic E-state index is -1.32. The number of methoxy groups -OCH3 is 1. The fourth-order valence-corrected chi connectivity index (χ4v) is 2.37. The lowest BCUT2D eigenvalue weighted by molar-refractivity contribution is -0.149. The van der Waals surface area contributed by atoms with Gasteiger partial charge in [-0.2, -0.15) is 0 Å². The third kappa shape index (κ3) is 2.60. The van der Waals surface area contributed by atoms with E-state index in [1.807, 2.05) is 0 Å². The largest absolute Gasteiger partial charge is 0.479 e. The third-order valence-corrected chi connectivity index (χ3v) is 3.71. The van der Waals surface area contributed by atoms with E-state index in [1.54, 1.807) is 0 Å². The van der Waals surface area contributed by atoms with Gasteiger partial charge < -0.3 is 15.2 Å². The lowest BCUT2D eigenvalue weighted by Gasteiger charge is -2.25. The van der Waals surface area contributed by atoms with Crippen LogP contribution in [0.5, 0.6) is 0 Å². The average molecular weight is 241 g/mol. The summed E-state index contributed by atoms with van der Waals surface area (Å²) < 4.78 is 4.86. The lowest BCUT2D eigenvalue weighted by Crippen LogP contribution is -2.55. The number of carboxylic acids is 1. The van der Waals surface area contributed by atoms with Gasteiger partial charge in [0.1, 0.15) is 0 Å². The van der Waals surface area contributed by atoms with E-state index in [0.29, 0.717) is 11.8 Å². The molecule has 5 nitrogen and oxygen atoms in total. The molecule has 0 unspecified atom stereocenters. The maximum absolute atomic E-state index is 11.9. The van der Waals surface area contributed by atoms with Gasteiger partial charge in [-0.05, 0) is 38.0 Å². The molecule has 0 aromatic heterocycles. The lowest BCUT2D eigenvalue weighted by atomic mass is 10.0. The van der Waals surface area contributed by atoms with Crippen LogP contribution in [0.3, 0.4) is 0 Å². The fourth-order valence-electron chi connectivity index (χ4n) is 2.37. The first-order valence-electron chi connectivity index (χ1n) is 6.02. The Morgan fingerprint density at radius 1 is 1.47 bits per heavy atom. The van der Waals surface area contributed by atoms with Crippen molar-refractivity contribution in [1.82, 2.24) is 5.32 Å². The second-order valence-corrected chi connectivity index (χ2v) is 5.40. The highest BCUT2D eigenvalue weighted by Gasteiger charge is 2.52. The van der Waals surface area contributed by atoms with Gasteiger partial charge in [-0.15, -0.1) is 0 Å². The zero-order valence-electron chi connectivity index (χ0n) is 10.2. The standard InChI is InChI=1S/C12H19NO4/c1-12(6-17-2,11(15)16)13-10(14)9-5-8(9)7-3-4-7/h7-9H,3-6H2,1-2H3,(H,13,14)(H,15,16)/t8-,9-,12+/m1/s1. The molecule has 2 N–H and O–H groups in total. The van der Waals surface area contributed by atoms with Gasteiger partial charge in [0, 0.05) is 13.0 Å². The Balaban J connectivity index is 1.89. The maximum Gasteiger partial charge on any atom is 0.331 e. The Morgan fingerprint density at radius 2 is 2.12 bits per heavy atom. The number of amides is 1. The van der Waals surface area contributed by atoms with Crippen LogP contribution in [0.2, 0.25) is 0 Å². The summed E-state index contributed by atoms with van der Waals surface area (Å²) >= 11 is 0. The third-order valence-electron chi connectivity index (χ3n) is 3.71. The monoisotopic (exact) mass is 241 g/mol. The summed E-state index contributed by atoms with van der Waals surface area (Å²) in [5, 5.41) is 11.7. The van der Waals surface area contributed by atoms with Crippen molar-refractivity contribution in [2.45, 2.75) is 31.7 Å². The van der Waals surface area contributed by atoms with Crippen LogP contribution in [0, 0.1) is 17.8 Å². The Kier molecular flexibility index (Phi) is 3.12.